The Bertz CT molecular complexity index is 517. The second-order valence-corrected chi connectivity index (χ2v) is 3.57. The van der Waals surface area contributed by atoms with Crippen molar-refractivity contribution in [2.45, 2.75) is 0 Å². The summed E-state index contributed by atoms with van der Waals surface area (Å²) in [5, 5.41) is 30.3. The molecule has 0 bridgehead atoms. The maximum Gasteiger partial charge on any atom is 0.395 e. The third-order valence-corrected chi connectivity index (χ3v) is 2.72. The van der Waals surface area contributed by atoms with E-state index in [-0.39, 0.29) is 5.95 Å². The molecule has 1 aromatic carbocycles. The molecule has 4 N–H and O–H groups in total. The van der Waals surface area contributed by atoms with Gasteiger partial charge in [0, 0.05) is 26.2 Å². The van der Waals surface area contributed by atoms with Crippen molar-refractivity contribution in [2.75, 3.05) is 37.1 Å². The van der Waals surface area contributed by atoms with E-state index < -0.39 is 0 Å². The minimum absolute atomic E-state index is 0.0790. The Hall–Kier alpha value is -2.31. The molecule has 0 fully saturated rings. The van der Waals surface area contributed by atoms with Gasteiger partial charge in [-0.2, -0.15) is 0 Å². The number of hydrogen-bond acceptors (Lipinski definition) is 5. The number of nitrogens with zero attached hydrogens (tertiary/aromatic N) is 2. The van der Waals surface area contributed by atoms with Crippen LogP contribution in [0.2, 0.25) is 0 Å². The van der Waals surface area contributed by atoms with Crippen LogP contribution < -0.4 is 20.7 Å². The minimum atomic E-state index is 0.0790. The normalized spacial score (nSPS) is 10.5. The zero-order valence-electron chi connectivity index (χ0n) is 9.90. The van der Waals surface area contributed by atoms with Gasteiger partial charge >= 0.3 is 5.95 Å². The fraction of sp³-hybridized carbons (Fsp3) is 0.300. The Balaban J connectivity index is 2.81. The van der Waals surface area contributed by atoms with Gasteiger partial charge in [-0.15, -0.1) is 0 Å². The molecule has 7 nitrogen and oxygen atoms in total. The number of rotatable bonds is 3. The van der Waals surface area contributed by atoms with Crippen LogP contribution in [0, 0.1) is 5.21 Å². The number of imidazole rings is 1. The summed E-state index contributed by atoms with van der Waals surface area (Å²) in [5.74, 6) is 0.0790. The lowest BCUT2D eigenvalue weighted by atomic mass is 10.2. The third-order valence-electron chi connectivity index (χ3n) is 2.72. The van der Waals surface area contributed by atoms with Crippen molar-refractivity contribution >= 4 is 28.4 Å². The molecule has 1 heterocycles. The van der Waals surface area contributed by atoms with E-state index in [1.54, 1.807) is 33.3 Å². The number of nitrogens with one attached hydrogen (secondary N) is 3. The summed E-state index contributed by atoms with van der Waals surface area (Å²) in [6, 6.07) is 3.39. The first-order valence-electron chi connectivity index (χ1n) is 5.18. The van der Waals surface area contributed by atoms with Gasteiger partial charge in [-0.3, -0.25) is 5.32 Å². The molecule has 0 aliphatic heterocycles. The number of anilines is 3. The molecular weight excluding hydrogens is 222 g/mol. The Morgan fingerprint density at radius 1 is 1.12 bits per heavy atom. The van der Waals surface area contributed by atoms with E-state index in [1.165, 1.54) is 0 Å². The third kappa shape index (κ3) is 1.47. The van der Waals surface area contributed by atoms with Crippen LogP contribution in [0.5, 0.6) is 0 Å². The second-order valence-electron chi connectivity index (χ2n) is 3.57. The predicted molar refractivity (Wildman–Crippen MR) is 66.7 cm³/mol. The molecule has 0 spiro atoms. The van der Waals surface area contributed by atoms with Crippen molar-refractivity contribution in [1.29, 1.82) is 0 Å². The molecule has 0 aliphatic rings. The first kappa shape index (κ1) is 11.2. The zero-order chi connectivity index (χ0) is 12.6. The van der Waals surface area contributed by atoms with E-state index >= 15 is 0 Å². The SMILES string of the molecule is CNc1cc2c(cc1NC)[n+]([O-])c(NC)n2O. The molecule has 0 radical (unpaired) electrons. The summed E-state index contributed by atoms with van der Waals surface area (Å²) in [7, 11) is 5.12. The van der Waals surface area contributed by atoms with Crippen LogP contribution in [0.25, 0.3) is 11.0 Å². The van der Waals surface area contributed by atoms with Gasteiger partial charge in [0.25, 0.3) is 0 Å². The molecule has 0 amide bonds. The van der Waals surface area contributed by atoms with E-state index in [4.69, 9.17) is 0 Å². The van der Waals surface area contributed by atoms with Crippen molar-refractivity contribution in [3.05, 3.63) is 17.3 Å². The van der Waals surface area contributed by atoms with Gasteiger partial charge in [0.2, 0.25) is 0 Å². The van der Waals surface area contributed by atoms with Gasteiger partial charge in [0.15, 0.2) is 5.52 Å². The van der Waals surface area contributed by atoms with Gasteiger partial charge in [0.1, 0.15) is 5.52 Å². The van der Waals surface area contributed by atoms with Gasteiger partial charge in [0.05, 0.1) is 18.4 Å². The molecule has 0 saturated heterocycles. The van der Waals surface area contributed by atoms with E-state index in [0.717, 1.165) is 16.1 Å². The number of aromatic nitrogens is 2. The lowest BCUT2D eigenvalue weighted by Gasteiger charge is -2.08. The highest BCUT2D eigenvalue weighted by molar-refractivity contribution is 5.86. The summed E-state index contributed by atoms with van der Waals surface area (Å²) in [5.41, 5.74) is 2.42. The summed E-state index contributed by atoms with van der Waals surface area (Å²) >= 11 is 0. The van der Waals surface area contributed by atoms with Crippen LogP contribution in [-0.2, 0) is 0 Å². The Morgan fingerprint density at radius 3 is 2.24 bits per heavy atom. The topological polar surface area (TPSA) is 88.2 Å². The molecular formula is C10H15N5O2. The van der Waals surface area contributed by atoms with Crippen LogP contribution in [0.3, 0.4) is 0 Å². The van der Waals surface area contributed by atoms with E-state index in [2.05, 4.69) is 16.0 Å². The summed E-state index contributed by atoms with van der Waals surface area (Å²) < 4.78 is 1.48. The molecule has 0 atom stereocenters. The fourth-order valence-electron chi connectivity index (χ4n) is 1.84. The van der Waals surface area contributed by atoms with Gasteiger partial charge in [-0.25, -0.2) is 4.73 Å². The quantitative estimate of drug-likeness (QED) is 0.357. The van der Waals surface area contributed by atoms with Gasteiger partial charge < -0.3 is 21.0 Å². The van der Waals surface area contributed by atoms with Crippen molar-refractivity contribution < 1.29 is 9.94 Å². The van der Waals surface area contributed by atoms with Crippen LogP contribution in [-0.4, -0.2) is 31.1 Å². The maximum atomic E-state index is 11.9. The smallest absolute Gasteiger partial charge is 0.395 e. The van der Waals surface area contributed by atoms with Crippen LogP contribution in [0.1, 0.15) is 0 Å². The molecule has 2 aromatic rings. The first-order valence-corrected chi connectivity index (χ1v) is 5.18. The highest BCUT2D eigenvalue weighted by Crippen LogP contribution is 2.27. The lowest BCUT2D eigenvalue weighted by molar-refractivity contribution is -0.563. The molecule has 17 heavy (non-hydrogen) atoms. The molecule has 0 aliphatic carbocycles. The lowest BCUT2D eigenvalue weighted by Crippen LogP contribution is -2.29. The Morgan fingerprint density at radius 2 is 1.71 bits per heavy atom. The largest absolute Gasteiger partial charge is 0.740 e. The predicted octanol–water partition coefficient (Wildman–Crippen LogP) is 0.637. The first-order chi connectivity index (χ1) is 8.13. The number of benzene rings is 1. The van der Waals surface area contributed by atoms with Crippen LogP contribution >= 0.6 is 0 Å². The number of hydrogen-bond donors (Lipinski definition) is 4. The molecule has 2 rings (SSSR count). The number of fused-ring (bicyclic) bond motifs is 1. The molecule has 7 heteroatoms. The second kappa shape index (κ2) is 3.93. The average Bonchev–Trinajstić information content (AvgIpc) is 2.59. The zero-order valence-corrected chi connectivity index (χ0v) is 9.90. The summed E-state index contributed by atoms with van der Waals surface area (Å²) in [6.45, 7) is 0. The van der Waals surface area contributed by atoms with Crippen molar-refractivity contribution in [3.63, 3.8) is 0 Å². The van der Waals surface area contributed by atoms with E-state index in [9.17, 15) is 10.4 Å². The highest BCUT2D eigenvalue weighted by Gasteiger charge is 2.20. The Kier molecular flexibility index (Phi) is 2.58. The average molecular weight is 237 g/mol. The molecule has 92 valence electrons. The minimum Gasteiger partial charge on any atom is -0.740 e. The standard InChI is InChI=1S/C10H15N5O2/c1-11-6-4-8-9(5-7(6)12-2)15(17)10(13-3)14(8)16/h4-5,11-13,16H,1-3H3. The van der Waals surface area contributed by atoms with Crippen molar-refractivity contribution in [1.82, 2.24) is 4.73 Å². The highest BCUT2D eigenvalue weighted by atomic mass is 16.5. The Labute approximate surface area is 98.2 Å². The van der Waals surface area contributed by atoms with Crippen LogP contribution in [0.4, 0.5) is 17.3 Å². The van der Waals surface area contributed by atoms with Crippen molar-refractivity contribution in [3.8, 4) is 0 Å². The monoisotopic (exact) mass is 237 g/mol. The molecule has 1 aromatic heterocycles. The molecule has 0 saturated carbocycles. The maximum absolute atomic E-state index is 11.9. The fourth-order valence-corrected chi connectivity index (χ4v) is 1.84. The van der Waals surface area contributed by atoms with Crippen LogP contribution in [0.15, 0.2) is 12.1 Å². The van der Waals surface area contributed by atoms with E-state index in [0.29, 0.717) is 15.8 Å². The van der Waals surface area contributed by atoms with E-state index in [1.807, 2.05) is 0 Å². The van der Waals surface area contributed by atoms with Gasteiger partial charge in [-0.1, -0.05) is 4.73 Å². The molecule has 0 unspecified atom stereocenters. The summed E-state index contributed by atoms with van der Waals surface area (Å²) in [6.07, 6.45) is 0. The van der Waals surface area contributed by atoms with Gasteiger partial charge in [-0.05, 0) is 0 Å². The summed E-state index contributed by atoms with van der Waals surface area (Å²) in [4.78, 5) is 0. The van der Waals surface area contributed by atoms with Crippen molar-refractivity contribution in [2.24, 2.45) is 0 Å².